The zero-order valence-electron chi connectivity index (χ0n) is 14.3. The average molecular weight is 353 g/mol. The van der Waals surface area contributed by atoms with Crippen LogP contribution in [0.2, 0.25) is 0 Å². The molecule has 0 N–H and O–H groups in total. The molecular weight excluding hydrogens is 334 g/mol. The second kappa shape index (κ2) is 7.27. The van der Waals surface area contributed by atoms with E-state index in [9.17, 15) is 9.59 Å². The van der Waals surface area contributed by atoms with Crippen molar-refractivity contribution in [3.05, 3.63) is 58.4 Å². The van der Waals surface area contributed by atoms with Gasteiger partial charge in [0.15, 0.2) is 0 Å². The zero-order chi connectivity index (χ0) is 17.9. The Labute approximate surface area is 149 Å². The van der Waals surface area contributed by atoms with Gasteiger partial charge in [-0.2, -0.15) is 0 Å². The Morgan fingerprint density at radius 3 is 2.73 bits per heavy atom. The summed E-state index contributed by atoms with van der Waals surface area (Å²) in [6, 6.07) is 13.0. The third kappa shape index (κ3) is 3.34. The van der Waals surface area contributed by atoms with Crippen molar-refractivity contribution in [1.82, 2.24) is 4.90 Å². The summed E-state index contributed by atoms with van der Waals surface area (Å²) in [5.74, 6) is -0.651. The molecule has 134 valence electrons. The SMILES string of the molecule is O=C(OCCN1CCOCC1)c1cc2c(ccc3ccccc32)oc1=O. The van der Waals surface area contributed by atoms with Gasteiger partial charge in [0.25, 0.3) is 0 Å². The second-order valence-electron chi connectivity index (χ2n) is 6.24. The van der Waals surface area contributed by atoms with Gasteiger partial charge in [-0.1, -0.05) is 30.3 Å². The molecule has 4 rings (SSSR count). The summed E-state index contributed by atoms with van der Waals surface area (Å²) in [7, 11) is 0. The number of rotatable bonds is 4. The molecule has 0 bridgehead atoms. The van der Waals surface area contributed by atoms with Crippen molar-refractivity contribution in [2.45, 2.75) is 0 Å². The fourth-order valence-corrected chi connectivity index (χ4v) is 3.18. The molecule has 0 saturated carbocycles. The molecule has 1 aliphatic rings. The minimum atomic E-state index is -0.677. The van der Waals surface area contributed by atoms with Crippen LogP contribution in [0.1, 0.15) is 10.4 Å². The molecule has 6 nitrogen and oxygen atoms in total. The lowest BCUT2D eigenvalue weighted by molar-refractivity contribution is 0.0194. The number of hydrogen-bond donors (Lipinski definition) is 0. The van der Waals surface area contributed by atoms with E-state index in [-0.39, 0.29) is 12.2 Å². The fourth-order valence-electron chi connectivity index (χ4n) is 3.18. The van der Waals surface area contributed by atoms with Crippen LogP contribution in [0.25, 0.3) is 21.7 Å². The van der Waals surface area contributed by atoms with Crippen molar-refractivity contribution in [3.63, 3.8) is 0 Å². The van der Waals surface area contributed by atoms with Crippen LogP contribution in [-0.4, -0.2) is 50.3 Å². The monoisotopic (exact) mass is 353 g/mol. The second-order valence-corrected chi connectivity index (χ2v) is 6.24. The number of carbonyl (C=O) groups is 1. The molecule has 3 aromatic rings. The molecule has 2 aromatic carbocycles. The average Bonchev–Trinajstić information content (AvgIpc) is 2.68. The normalized spacial score (nSPS) is 15.4. The summed E-state index contributed by atoms with van der Waals surface area (Å²) in [4.78, 5) is 26.7. The van der Waals surface area contributed by atoms with Gasteiger partial charge in [-0.15, -0.1) is 0 Å². The highest BCUT2D eigenvalue weighted by atomic mass is 16.5. The topological polar surface area (TPSA) is 69.0 Å². The third-order valence-electron chi connectivity index (χ3n) is 4.61. The minimum Gasteiger partial charge on any atom is -0.461 e. The number of benzene rings is 2. The first-order chi connectivity index (χ1) is 12.7. The van der Waals surface area contributed by atoms with E-state index < -0.39 is 11.6 Å². The van der Waals surface area contributed by atoms with Crippen molar-refractivity contribution in [2.24, 2.45) is 0 Å². The molecule has 1 saturated heterocycles. The molecule has 1 aromatic heterocycles. The van der Waals surface area contributed by atoms with E-state index in [4.69, 9.17) is 13.9 Å². The molecule has 0 amide bonds. The number of carbonyl (C=O) groups excluding carboxylic acids is 1. The lowest BCUT2D eigenvalue weighted by Gasteiger charge is -2.26. The third-order valence-corrected chi connectivity index (χ3v) is 4.61. The van der Waals surface area contributed by atoms with Crippen LogP contribution in [-0.2, 0) is 9.47 Å². The molecule has 0 spiro atoms. The van der Waals surface area contributed by atoms with Gasteiger partial charge in [-0.05, 0) is 22.9 Å². The van der Waals surface area contributed by atoms with Crippen LogP contribution in [0, 0.1) is 0 Å². The minimum absolute atomic E-state index is 0.0733. The first-order valence-electron chi connectivity index (χ1n) is 8.65. The number of esters is 1. The molecule has 0 unspecified atom stereocenters. The molecular formula is C20H19NO5. The van der Waals surface area contributed by atoms with E-state index in [0.717, 1.165) is 29.2 Å². The van der Waals surface area contributed by atoms with Gasteiger partial charge < -0.3 is 13.9 Å². The Hall–Kier alpha value is -2.70. The quantitative estimate of drug-likeness (QED) is 0.408. The van der Waals surface area contributed by atoms with E-state index in [1.165, 1.54) is 0 Å². The summed E-state index contributed by atoms with van der Waals surface area (Å²) in [6.45, 7) is 3.87. The Balaban J connectivity index is 1.56. The molecule has 1 fully saturated rings. The maximum absolute atomic E-state index is 12.4. The molecule has 2 heterocycles. The predicted molar refractivity (Wildman–Crippen MR) is 97.5 cm³/mol. The van der Waals surface area contributed by atoms with E-state index in [2.05, 4.69) is 4.90 Å². The summed E-state index contributed by atoms with van der Waals surface area (Å²) in [6.07, 6.45) is 0. The van der Waals surface area contributed by atoms with Gasteiger partial charge in [0.2, 0.25) is 0 Å². The Morgan fingerprint density at radius 1 is 1.08 bits per heavy atom. The summed E-state index contributed by atoms with van der Waals surface area (Å²) in [5, 5.41) is 2.67. The van der Waals surface area contributed by atoms with Crippen LogP contribution >= 0.6 is 0 Å². The highest BCUT2D eigenvalue weighted by Gasteiger charge is 2.17. The van der Waals surface area contributed by atoms with Gasteiger partial charge in [0.1, 0.15) is 17.8 Å². The maximum Gasteiger partial charge on any atom is 0.351 e. The van der Waals surface area contributed by atoms with Crippen LogP contribution in [0.4, 0.5) is 0 Å². The van der Waals surface area contributed by atoms with Gasteiger partial charge in [0.05, 0.1) is 13.2 Å². The molecule has 0 radical (unpaired) electrons. The van der Waals surface area contributed by atoms with Crippen molar-refractivity contribution >= 4 is 27.7 Å². The van der Waals surface area contributed by atoms with Gasteiger partial charge in [-0.3, -0.25) is 4.90 Å². The van der Waals surface area contributed by atoms with Crippen molar-refractivity contribution in [3.8, 4) is 0 Å². The number of hydrogen-bond acceptors (Lipinski definition) is 6. The molecule has 1 aliphatic heterocycles. The van der Waals surface area contributed by atoms with Crippen LogP contribution < -0.4 is 5.63 Å². The lowest BCUT2D eigenvalue weighted by atomic mass is 10.0. The van der Waals surface area contributed by atoms with Crippen molar-refractivity contribution < 1.29 is 18.7 Å². The highest BCUT2D eigenvalue weighted by molar-refractivity contribution is 6.07. The van der Waals surface area contributed by atoms with E-state index >= 15 is 0 Å². The van der Waals surface area contributed by atoms with Crippen LogP contribution in [0.15, 0.2) is 51.7 Å². The summed E-state index contributed by atoms with van der Waals surface area (Å²) >= 11 is 0. The Kier molecular flexibility index (Phi) is 4.69. The highest BCUT2D eigenvalue weighted by Crippen LogP contribution is 2.25. The van der Waals surface area contributed by atoms with Crippen LogP contribution in [0.5, 0.6) is 0 Å². The van der Waals surface area contributed by atoms with Gasteiger partial charge in [0, 0.05) is 25.0 Å². The van der Waals surface area contributed by atoms with E-state index in [1.807, 2.05) is 30.3 Å². The van der Waals surface area contributed by atoms with Crippen molar-refractivity contribution in [1.29, 1.82) is 0 Å². The number of nitrogens with zero attached hydrogens (tertiary/aromatic N) is 1. The number of ether oxygens (including phenoxy) is 2. The summed E-state index contributed by atoms with van der Waals surface area (Å²) in [5.41, 5.74) is -0.293. The molecule has 0 atom stereocenters. The predicted octanol–water partition coefficient (Wildman–Crippen LogP) is 2.44. The lowest BCUT2D eigenvalue weighted by Crippen LogP contribution is -2.38. The van der Waals surface area contributed by atoms with Crippen LogP contribution in [0.3, 0.4) is 0 Å². The molecule has 26 heavy (non-hydrogen) atoms. The standard InChI is InChI=1S/C20H19NO5/c22-19(25-12-9-21-7-10-24-11-8-21)17-13-16-15-4-2-1-3-14(15)5-6-18(16)26-20(17)23/h1-6,13H,7-12H2. The molecule has 0 aliphatic carbocycles. The van der Waals surface area contributed by atoms with Gasteiger partial charge in [-0.25, -0.2) is 9.59 Å². The van der Waals surface area contributed by atoms with E-state index in [0.29, 0.717) is 25.3 Å². The number of fused-ring (bicyclic) bond motifs is 3. The van der Waals surface area contributed by atoms with E-state index in [1.54, 1.807) is 12.1 Å². The first-order valence-corrected chi connectivity index (χ1v) is 8.65. The Morgan fingerprint density at radius 2 is 1.88 bits per heavy atom. The maximum atomic E-state index is 12.4. The zero-order valence-corrected chi connectivity index (χ0v) is 14.3. The molecule has 6 heteroatoms. The first kappa shape index (κ1) is 16.8. The van der Waals surface area contributed by atoms with Gasteiger partial charge >= 0.3 is 11.6 Å². The van der Waals surface area contributed by atoms with Crippen molar-refractivity contribution in [2.75, 3.05) is 39.5 Å². The summed E-state index contributed by atoms with van der Waals surface area (Å²) < 4.78 is 15.9. The largest absolute Gasteiger partial charge is 0.461 e. The Bertz CT molecular complexity index is 1000. The number of morpholine rings is 1. The smallest absolute Gasteiger partial charge is 0.351 e. The fraction of sp³-hybridized carbons (Fsp3) is 0.300.